The summed E-state index contributed by atoms with van der Waals surface area (Å²) in [7, 11) is 0. The van der Waals surface area contributed by atoms with E-state index in [9.17, 15) is 35.9 Å². The zero-order valence-corrected chi connectivity index (χ0v) is 26.3. The van der Waals surface area contributed by atoms with E-state index in [2.05, 4.69) is 29.0 Å². The molecule has 2 amide bonds. The number of hydroxylamine groups is 1. The number of nitrogens with zero attached hydrogens (tertiary/aromatic N) is 2. The lowest BCUT2D eigenvalue weighted by molar-refractivity contribution is -0.193. The number of rotatable bonds is 7. The first-order chi connectivity index (χ1) is 22.7. The molecule has 0 radical (unpaired) electrons. The second kappa shape index (κ2) is 17.4. The Balaban J connectivity index is 0.000000500. The van der Waals surface area contributed by atoms with Crippen LogP contribution >= 0.6 is 0 Å². The third-order valence-corrected chi connectivity index (χ3v) is 7.06. The van der Waals surface area contributed by atoms with Crippen LogP contribution in [0.15, 0.2) is 54.6 Å². The Morgan fingerprint density at radius 1 is 0.959 bits per heavy atom. The topological polar surface area (TPSA) is 178 Å². The largest absolute Gasteiger partial charge is 0.490 e. The van der Waals surface area contributed by atoms with Crippen molar-refractivity contribution in [3.63, 3.8) is 0 Å². The molecule has 1 saturated heterocycles. The van der Waals surface area contributed by atoms with Crippen LogP contribution in [0.1, 0.15) is 41.9 Å². The van der Waals surface area contributed by atoms with Crippen molar-refractivity contribution in [2.24, 2.45) is 5.92 Å². The lowest BCUT2D eigenvalue weighted by Crippen LogP contribution is -2.56. The molecule has 1 fully saturated rings. The Morgan fingerprint density at radius 3 is 2.02 bits per heavy atom. The quantitative estimate of drug-likeness (QED) is 0.131. The van der Waals surface area contributed by atoms with Crippen molar-refractivity contribution >= 4 is 34.7 Å². The SMILES string of the molecule is Cc1cc(COc2ccc(C(=O)N[C@@H]3CCN(C(C)C)C[C@@H]3C(=O)NO)cc2)c2ccccc2n1.O=C(O)C(F)(F)F.O=C(O)C(F)(F)F. The van der Waals surface area contributed by atoms with Crippen LogP contribution in [0.3, 0.4) is 0 Å². The van der Waals surface area contributed by atoms with Crippen molar-refractivity contribution < 1.29 is 65.7 Å². The standard InChI is InChI=1S/C27H32N4O4.2C2HF3O2/c1-17(2)31-13-12-25(23(15-31)27(33)30-34)29-26(32)19-8-10-21(11-9-19)35-16-20-14-18(3)28-24-7-5-4-6-22(20)24;2*3-2(4,5)1(6)7/h4-11,14,17,23,25,34H,12-13,15-16H2,1-3H3,(H,29,32)(H,30,33);2*(H,6,7)/t23-,25+;;/m0../s1. The molecule has 1 aliphatic heterocycles. The Bertz CT molecular complexity index is 1580. The summed E-state index contributed by atoms with van der Waals surface area (Å²) in [6.07, 6.45) is -9.54. The van der Waals surface area contributed by atoms with Gasteiger partial charge in [-0.3, -0.25) is 24.7 Å². The Labute approximate surface area is 275 Å². The molecule has 3 aromatic rings. The maximum atomic E-state index is 12.9. The van der Waals surface area contributed by atoms with Crippen molar-refractivity contribution in [1.29, 1.82) is 0 Å². The number of ether oxygens (including phenoxy) is 1. The van der Waals surface area contributed by atoms with Crippen molar-refractivity contribution in [3.05, 3.63) is 71.4 Å². The molecule has 0 saturated carbocycles. The number of piperidine rings is 1. The van der Waals surface area contributed by atoms with Crippen LogP contribution in [0.2, 0.25) is 0 Å². The van der Waals surface area contributed by atoms with Gasteiger partial charge >= 0.3 is 24.3 Å². The summed E-state index contributed by atoms with van der Waals surface area (Å²) in [5.41, 5.74) is 5.15. The summed E-state index contributed by atoms with van der Waals surface area (Å²) < 4.78 is 69.5. The van der Waals surface area contributed by atoms with Crippen molar-refractivity contribution in [1.82, 2.24) is 20.7 Å². The average Bonchev–Trinajstić information content (AvgIpc) is 3.03. The number of pyridine rings is 1. The first-order valence-corrected chi connectivity index (χ1v) is 14.4. The number of para-hydroxylation sites is 1. The minimum Gasteiger partial charge on any atom is -0.489 e. The summed E-state index contributed by atoms with van der Waals surface area (Å²) in [5, 5.41) is 27.5. The lowest BCUT2D eigenvalue weighted by atomic mass is 9.90. The van der Waals surface area contributed by atoms with E-state index in [4.69, 9.17) is 29.7 Å². The summed E-state index contributed by atoms with van der Waals surface area (Å²) >= 11 is 0. The van der Waals surface area contributed by atoms with E-state index in [-0.39, 0.29) is 18.0 Å². The first-order valence-electron chi connectivity index (χ1n) is 14.4. The summed E-state index contributed by atoms with van der Waals surface area (Å²) in [6.45, 7) is 7.73. The number of fused-ring (bicyclic) bond motifs is 1. The second-order valence-electron chi connectivity index (χ2n) is 10.9. The van der Waals surface area contributed by atoms with Gasteiger partial charge in [0.2, 0.25) is 5.91 Å². The monoisotopic (exact) mass is 704 g/mol. The number of carboxylic acid groups (broad SMARTS) is 2. The molecule has 5 N–H and O–H groups in total. The predicted octanol–water partition coefficient (Wildman–Crippen LogP) is 4.72. The fourth-order valence-corrected chi connectivity index (χ4v) is 4.60. The molecule has 2 atom stereocenters. The summed E-state index contributed by atoms with van der Waals surface area (Å²) in [5.74, 6) is -6.13. The van der Waals surface area contributed by atoms with Gasteiger partial charge in [-0.25, -0.2) is 15.1 Å². The molecule has 0 unspecified atom stereocenters. The number of likely N-dealkylation sites (tertiary alicyclic amines) is 1. The van der Waals surface area contributed by atoms with Crippen LogP contribution in [-0.4, -0.2) is 86.6 Å². The van der Waals surface area contributed by atoms with Gasteiger partial charge in [-0.05, 0) is 63.6 Å². The van der Waals surface area contributed by atoms with Gasteiger partial charge in [-0.2, -0.15) is 26.3 Å². The number of carbonyl (C=O) groups excluding carboxylic acids is 2. The number of carboxylic acids is 2. The number of aromatic nitrogens is 1. The minimum atomic E-state index is -5.08. The zero-order chi connectivity index (χ0) is 37.1. The number of aryl methyl sites for hydroxylation is 1. The van der Waals surface area contributed by atoms with Gasteiger partial charge in [0.25, 0.3) is 5.91 Å². The van der Waals surface area contributed by atoms with E-state index in [1.54, 1.807) is 29.7 Å². The van der Waals surface area contributed by atoms with Crippen molar-refractivity contribution in [3.8, 4) is 5.75 Å². The normalized spacial score (nSPS) is 16.4. The molecule has 0 aliphatic carbocycles. The highest BCUT2D eigenvalue weighted by atomic mass is 19.4. The van der Waals surface area contributed by atoms with Gasteiger partial charge in [0.15, 0.2) is 0 Å². The number of carbonyl (C=O) groups is 4. The fraction of sp³-hybridized carbons (Fsp3) is 0.387. The third kappa shape index (κ3) is 12.5. The molecule has 4 rings (SSSR count). The molecule has 2 heterocycles. The predicted molar refractivity (Wildman–Crippen MR) is 161 cm³/mol. The molecule has 49 heavy (non-hydrogen) atoms. The molecule has 268 valence electrons. The minimum absolute atomic E-state index is 0.258. The number of nitrogens with one attached hydrogen (secondary N) is 2. The number of hydrogen-bond donors (Lipinski definition) is 5. The molecule has 12 nitrogen and oxygen atoms in total. The summed E-state index contributed by atoms with van der Waals surface area (Å²) in [6, 6.07) is 16.9. The number of alkyl halides is 6. The number of hydrogen-bond acceptors (Lipinski definition) is 8. The van der Waals surface area contributed by atoms with Crippen LogP contribution in [0.4, 0.5) is 26.3 Å². The number of benzene rings is 2. The van der Waals surface area contributed by atoms with Gasteiger partial charge in [-0.1, -0.05) is 18.2 Å². The molecule has 0 bridgehead atoms. The molecule has 1 aliphatic rings. The molecule has 2 aromatic carbocycles. The third-order valence-electron chi connectivity index (χ3n) is 7.06. The maximum absolute atomic E-state index is 12.9. The number of halogens is 6. The first kappa shape index (κ1) is 40.2. The van der Waals surface area contributed by atoms with Crippen molar-refractivity contribution in [2.45, 2.75) is 58.2 Å². The Kier molecular flexibility index (Phi) is 14.3. The van der Waals surface area contributed by atoms with Crippen LogP contribution in [0, 0.1) is 12.8 Å². The van der Waals surface area contributed by atoms with Crippen LogP contribution < -0.4 is 15.5 Å². The lowest BCUT2D eigenvalue weighted by Gasteiger charge is -2.39. The number of amides is 2. The smallest absolute Gasteiger partial charge is 0.489 e. The van der Waals surface area contributed by atoms with E-state index in [0.717, 1.165) is 28.7 Å². The second-order valence-corrected chi connectivity index (χ2v) is 10.9. The molecule has 0 spiro atoms. The molecular formula is C31H34F6N4O8. The highest BCUT2D eigenvalue weighted by molar-refractivity contribution is 5.95. The summed E-state index contributed by atoms with van der Waals surface area (Å²) in [4.78, 5) is 49.7. The van der Waals surface area contributed by atoms with Gasteiger partial charge in [0.1, 0.15) is 12.4 Å². The highest BCUT2D eigenvalue weighted by Crippen LogP contribution is 2.23. The van der Waals surface area contributed by atoms with E-state index in [0.29, 0.717) is 30.9 Å². The number of aliphatic carboxylic acids is 2. The van der Waals surface area contributed by atoms with Gasteiger partial charge < -0.3 is 20.3 Å². The zero-order valence-electron chi connectivity index (χ0n) is 26.3. The van der Waals surface area contributed by atoms with E-state index >= 15 is 0 Å². The van der Waals surface area contributed by atoms with Crippen LogP contribution in [0.25, 0.3) is 10.9 Å². The average molecular weight is 705 g/mol. The van der Waals surface area contributed by atoms with Crippen molar-refractivity contribution in [2.75, 3.05) is 13.1 Å². The molecule has 1 aromatic heterocycles. The molecule has 18 heteroatoms. The van der Waals surface area contributed by atoms with Gasteiger partial charge in [0.05, 0.1) is 11.4 Å². The Hall–Kier alpha value is -4.97. The fourth-order valence-electron chi connectivity index (χ4n) is 4.60. The van der Waals surface area contributed by atoms with Gasteiger partial charge in [0, 0.05) is 47.4 Å². The molecular weight excluding hydrogens is 670 g/mol. The maximum Gasteiger partial charge on any atom is 0.490 e. The highest BCUT2D eigenvalue weighted by Gasteiger charge is 2.39. The van der Waals surface area contributed by atoms with Crippen LogP contribution in [0.5, 0.6) is 5.75 Å². The van der Waals surface area contributed by atoms with Crippen LogP contribution in [-0.2, 0) is 21.0 Å². The van der Waals surface area contributed by atoms with E-state index < -0.39 is 36.1 Å². The Morgan fingerprint density at radius 2 is 1.51 bits per heavy atom. The van der Waals surface area contributed by atoms with E-state index in [1.165, 1.54) is 0 Å². The van der Waals surface area contributed by atoms with E-state index in [1.807, 2.05) is 37.3 Å². The van der Waals surface area contributed by atoms with Gasteiger partial charge in [-0.15, -0.1) is 0 Å².